The van der Waals surface area contributed by atoms with Crippen molar-refractivity contribution in [3.8, 4) is 0 Å². The molecular formula is C16H14FN3OS2. The Balaban J connectivity index is 1.75. The number of nitrogens with zero attached hydrogens (tertiary/aromatic N) is 2. The summed E-state index contributed by atoms with van der Waals surface area (Å²) >= 11 is 2.99. The van der Waals surface area contributed by atoms with Crippen LogP contribution < -0.4 is 5.32 Å². The number of carbonyl (C=O) groups is 1. The highest BCUT2D eigenvalue weighted by Crippen LogP contribution is 2.32. The maximum Gasteiger partial charge on any atom is 0.237 e. The van der Waals surface area contributed by atoms with Crippen molar-refractivity contribution in [3.05, 3.63) is 47.9 Å². The molecule has 1 unspecified atom stereocenters. The lowest BCUT2D eigenvalue weighted by Gasteiger charge is -2.14. The summed E-state index contributed by atoms with van der Waals surface area (Å²) in [7, 11) is 0. The summed E-state index contributed by atoms with van der Waals surface area (Å²) in [6.07, 6.45) is 2.18. The fourth-order valence-electron chi connectivity index (χ4n) is 2.06. The number of nitrogens with one attached hydrogen (secondary N) is 1. The van der Waals surface area contributed by atoms with Crippen molar-refractivity contribution < 1.29 is 9.18 Å². The third-order valence-electron chi connectivity index (χ3n) is 3.24. The van der Waals surface area contributed by atoms with Crippen LogP contribution in [0.4, 0.5) is 10.1 Å². The summed E-state index contributed by atoms with van der Waals surface area (Å²) in [6.45, 7) is 1.95. The molecule has 3 aromatic rings. The number of halogens is 1. The van der Waals surface area contributed by atoms with Gasteiger partial charge in [-0.3, -0.25) is 4.79 Å². The first kappa shape index (κ1) is 15.9. The number of rotatable bonds is 5. The first-order valence-corrected chi connectivity index (χ1v) is 8.84. The molecule has 0 spiro atoms. The van der Waals surface area contributed by atoms with Crippen LogP contribution in [0.2, 0.25) is 0 Å². The molecule has 3 rings (SSSR count). The molecule has 0 saturated carbocycles. The summed E-state index contributed by atoms with van der Waals surface area (Å²) in [5.74, 6) is -0.446. The van der Waals surface area contributed by atoms with Crippen LogP contribution in [0.5, 0.6) is 0 Å². The number of aromatic nitrogens is 2. The summed E-state index contributed by atoms with van der Waals surface area (Å²) in [6, 6.07) is 7.68. The molecule has 2 heterocycles. The average molecular weight is 347 g/mol. The lowest BCUT2D eigenvalue weighted by molar-refractivity contribution is -0.115. The van der Waals surface area contributed by atoms with Crippen molar-refractivity contribution in [2.45, 2.75) is 23.6 Å². The predicted molar refractivity (Wildman–Crippen MR) is 92.4 cm³/mol. The Morgan fingerprint density at radius 3 is 2.83 bits per heavy atom. The van der Waals surface area contributed by atoms with Gasteiger partial charge in [0.25, 0.3) is 0 Å². The van der Waals surface area contributed by atoms with Crippen molar-refractivity contribution in [3.63, 3.8) is 0 Å². The van der Waals surface area contributed by atoms with E-state index in [1.807, 2.05) is 18.4 Å². The second-order valence-corrected chi connectivity index (χ2v) is 6.93. The SMILES string of the molecule is CCC(Sc1ncnc2ccsc12)C(=O)Nc1ccc(F)cc1. The Labute approximate surface area is 141 Å². The van der Waals surface area contributed by atoms with Gasteiger partial charge in [0.15, 0.2) is 0 Å². The van der Waals surface area contributed by atoms with E-state index in [4.69, 9.17) is 0 Å². The van der Waals surface area contributed by atoms with Crippen molar-refractivity contribution in [1.82, 2.24) is 9.97 Å². The molecule has 0 fully saturated rings. The minimum atomic E-state index is -0.328. The summed E-state index contributed by atoms with van der Waals surface area (Å²) in [5.41, 5.74) is 1.47. The van der Waals surface area contributed by atoms with Crippen LogP contribution in [0, 0.1) is 5.82 Å². The first-order valence-electron chi connectivity index (χ1n) is 7.08. The van der Waals surface area contributed by atoms with E-state index < -0.39 is 0 Å². The number of anilines is 1. The van der Waals surface area contributed by atoms with Gasteiger partial charge in [-0.05, 0) is 42.1 Å². The fraction of sp³-hybridized carbons (Fsp3) is 0.188. The van der Waals surface area contributed by atoms with Crippen LogP contribution in [-0.2, 0) is 4.79 Å². The monoisotopic (exact) mass is 347 g/mol. The zero-order valence-corrected chi connectivity index (χ0v) is 14.0. The van der Waals surface area contributed by atoms with Crippen LogP contribution in [0.3, 0.4) is 0 Å². The number of hydrogen-bond donors (Lipinski definition) is 1. The normalized spacial score (nSPS) is 12.3. The lowest BCUT2D eigenvalue weighted by Crippen LogP contribution is -2.24. The molecule has 0 bridgehead atoms. The van der Waals surface area contributed by atoms with Crippen LogP contribution in [0.25, 0.3) is 10.2 Å². The molecule has 0 aliphatic carbocycles. The number of hydrogen-bond acceptors (Lipinski definition) is 5. The number of amides is 1. The van der Waals surface area contributed by atoms with Gasteiger partial charge < -0.3 is 5.32 Å². The van der Waals surface area contributed by atoms with Gasteiger partial charge in [0.2, 0.25) is 5.91 Å². The molecule has 118 valence electrons. The molecule has 0 aliphatic heterocycles. The highest BCUT2D eigenvalue weighted by molar-refractivity contribution is 8.00. The molecule has 2 aromatic heterocycles. The highest BCUT2D eigenvalue weighted by Gasteiger charge is 2.20. The highest BCUT2D eigenvalue weighted by atomic mass is 32.2. The Morgan fingerprint density at radius 1 is 1.30 bits per heavy atom. The topological polar surface area (TPSA) is 54.9 Å². The molecule has 1 N–H and O–H groups in total. The van der Waals surface area contributed by atoms with Gasteiger partial charge in [-0.15, -0.1) is 11.3 Å². The molecule has 0 saturated heterocycles. The second kappa shape index (κ2) is 7.06. The summed E-state index contributed by atoms with van der Waals surface area (Å²) < 4.78 is 13.9. The first-order chi connectivity index (χ1) is 11.2. The standard InChI is InChI=1S/C16H14FN3OS2/c1-2-13(15(21)20-11-5-3-10(17)4-6-11)23-16-14-12(7-8-22-14)18-9-19-16/h3-9,13H,2H2,1H3,(H,20,21). The summed E-state index contributed by atoms with van der Waals surface area (Å²) in [5, 5.41) is 5.31. The zero-order valence-electron chi connectivity index (χ0n) is 12.3. The van der Waals surface area contributed by atoms with Crippen LogP contribution in [0.15, 0.2) is 47.1 Å². The van der Waals surface area contributed by atoms with E-state index in [9.17, 15) is 9.18 Å². The Bertz CT molecular complexity index is 820. The van der Waals surface area contributed by atoms with Gasteiger partial charge in [0.05, 0.1) is 15.5 Å². The number of thiophene rings is 1. The third-order valence-corrected chi connectivity index (χ3v) is 5.64. The fourth-order valence-corrected chi connectivity index (χ4v) is 4.00. The minimum Gasteiger partial charge on any atom is -0.325 e. The largest absolute Gasteiger partial charge is 0.325 e. The predicted octanol–water partition coefficient (Wildman–Crippen LogP) is 4.34. The van der Waals surface area contributed by atoms with Gasteiger partial charge in [-0.2, -0.15) is 0 Å². The maximum atomic E-state index is 12.9. The Morgan fingerprint density at radius 2 is 2.09 bits per heavy atom. The Hall–Kier alpha value is -1.99. The smallest absolute Gasteiger partial charge is 0.237 e. The molecule has 0 radical (unpaired) electrons. The minimum absolute atomic E-state index is 0.118. The average Bonchev–Trinajstić information content (AvgIpc) is 3.04. The van der Waals surface area contributed by atoms with Crippen molar-refractivity contribution >= 4 is 44.9 Å². The van der Waals surface area contributed by atoms with Gasteiger partial charge >= 0.3 is 0 Å². The van der Waals surface area contributed by atoms with E-state index in [2.05, 4.69) is 15.3 Å². The number of fused-ring (bicyclic) bond motifs is 1. The quantitative estimate of drug-likeness (QED) is 0.551. The van der Waals surface area contributed by atoms with E-state index >= 15 is 0 Å². The molecule has 23 heavy (non-hydrogen) atoms. The van der Waals surface area contributed by atoms with E-state index in [1.165, 1.54) is 30.2 Å². The molecule has 1 aromatic carbocycles. The van der Waals surface area contributed by atoms with E-state index in [0.29, 0.717) is 12.1 Å². The van der Waals surface area contributed by atoms with Crippen molar-refractivity contribution in [1.29, 1.82) is 0 Å². The van der Waals surface area contributed by atoms with Gasteiger partial charge in [0, 0.05) is 5.69 Å². The van der Waals surface area contributed by atoms with Gasteiger partial charge in [-0.25, -0.2) is 14.4 Å². The van der Waals surface area contributed by atoms with Crippen molar-refractivity contribution in [2.75, 3.05) is 5.32 Å². The lowest BCUT2D eigenvalue weighted by atomic mass is 10.2. The second-order valence-electron chi connectivity index (χ2n) is 4.82. The zero-order chi connectivity index (χ0) is 16.2. The molecule has 1 atom stereocenters. The molecule has 1 amide bonds. The van der Waals surface area contributed by atoms with Crippen LogP contribution in [-0.4, -0.2) is 21.1 Å². The number of benzene rings is 1. The molecule has 0 aliphatic rings. The third kappa shape index (κ3) is 3.68. The molecule has 4 nitrogen and oxygen atoms in total. The van der Waals surface area contributed by atoms with E-state index in [-0.39, 0.29) is 17.0 Å². The Kier molecular flexibility index (Phi) is 4.88. The van der Waals surface area contributed by atoms with E-state index in [1.54, 1.807) is 23.5 Å². The van der Waals surface area contributed by atoms with Crippen LogP contribution in [0.1, 0.15) is 13.3 Å². The molecule has 7 heteroatoms. The number of thioether (sulfide) groups is 1. The van der Waals surface area contributed by atoms with Gasteiger partial charge in [0.1, 0.15) is 17.2 Å². The summed E-state index contributed by atoms with van der Waals surface area (Å²) in [4.78, 5) is 20.9. The van der Waals surface area contributed by atoms with Crippen molar-refractivity contribution in [2.24, 2.45) is 0 Å². The molecular weight excluding hydrogens is 333 g/mol. The van der Waals surface area contributed by atoms with E-state index in [0.717, 1.165) is 15.2 Å². The maximum absolute atomic E-state index is 12.9. The van der Waals surface area contributed by atoms with Crippen LogP contribution >= 0.6 is 23.1 Å². The number of carbonyl (C=O) groups excluding carboxylic acids is 1. The van der Waals surface area contributed by atoms with Gasteiger partial charge in [-0.1, -0.05) is 18.7 Å².